The van der Waals surface area contributed by atoms with Crippen molar-refractivity contribution in [3.63, 3.8) is 0 Å². The lowest BCUT2D eigenvalue weighted by Gasteiger charge is -1.94. The Hall–Kier alpha value is -1.89. The SMILES string of the molecule is [C-]#[N+]N=Nc1ccc(OC)cc1. The largest absolute Gasteiger partial charge is 0.497 e. The molecule has 0 aromatic heterocycles. The van der Waals surface area contributed by atoms with Gasteiger partial charge in [0.15, 0.2) is 0 Å². The van der Waals surface area contributed by atoms with Crippen molar-refractivity contribution in [3.05, 3.63) is 35.8 Å². The second-order valence-electron chi connectivity index (χ2n) is 1.99. The van der Waals surface area contributed by atoms with Gasteiger partial charge in [0, 0.05) is 0 Å². The number of methoxy groups -OCH3 is 1. The van der Waals surface area contributed by atoms with Gasteiger partial charge in [-0.3, -0.25) is 4.95 Å². The highest BCUT2D eigenvalue weighted by Gasteiger charge is 1.96. The van der Waals surface area contributed by atoms with E-state index in [0.29, 0.717) is 5.69 Å². The van der Waals surface area contributed by atoms with E-state index < -0.39 is 0 Å². The summed E-state index contributed by atoms with van der Waals surface area (Å²) in [5, 5.41) is 6.79. The van der Waals surface area contributed by atoms with Crippen molar-refractivity contribution in [1.29, 1.82) is 0 Å². The van der Waals surface area contributed by atoms with E-state index in [1.807, 2.05) is 0 Å². The molecule has 0 aliphatic heterocycles. The van der Waals surface area contributed by atoms with Gasteiger partial charge in [0.05, 0.1) is 12.2 Å². The summed E-state index contributed by atoms with van der Waals surface area (Å²) < 4.78 is 4.94. The number of hydrogen-bond acceptors (Lipinski definition) is 3. The maximum absolute atomic E-state index is 6.37. The van der Waals surface area contributed by atoms with Gasteiger partial charge in [-0.1, -0.05) is 0 Å². The molecule has 60 valence electrons. The predicted molar refractivity (Wildman–Crippen MR) is 44.1 cm³/mol. The van der Waals surface area contributed by atoms with Crippen LogP contribution in [0.5, 0.6) is 5.75 Å². The van der Waals surface area contributed by atoms with Crippen molar-refractivity contribution in [2.75, 3.05) is 7.11 Å². The molecule has 0 aliphatic carbocycles. The minimum atomic E-state index is 0.645. The van der Waals surface area contributed by atoms with Gasteiger partial charge < -0.3 is 11.3 Å². The fraction of sp³-hybridized carbons (Fsp3) is 0.125. The molecule has 4 nitrogen and oxygen atoms in total. The van der Waals surface area contributed by atoms with E-state index in [1.54, 1.807) is 31.4 Å². The molecule has 0 fully saturated rings. The van der Waals surface area contributed by atoms with Crippen molar-refractivity contribution in [2.45, 2.75) is 0 Å². The van der Waals surface area contributed by atoms with Gasteiger partial charge in [-0.15, -0.1) is 0 Å². The molecule has 0 saturated carbocycles. The quantitative estimate of drug-likeness (QED) is 0.373. The van der Waals surface area contributed by atoms with Crippen LogP contribution in [0.25, 0.3) is 4.95 Å². The summed E-state index contributed by atoms with van der Waals surface area (Å²) in [6.45, 7) is 6.37. The van der Waals surface area contributed by atoms with Gasteiger partial charge >= 0.3 is 0 Å². The zero-order chi connectivity index (χ0) is 8.81. The van der Waals surface area contributed by atoms with E-state index in [1.165, 1.54) is 0 Å². The minimum Gasteiger partial charge on any atom is -0.497 e. The Kier molecular flexibility index (Phi) is 2.79. The van der Waals surface area contributed by atoms with Crippen LogP contribution in [-0.4, -0.2) is 7.11 Å². The van der Waals surface area contributed by atoms with Crippen molar-refractivity contribution < 1.29 is 4.74 Å². The fourth-order valence-corrected chi connectivity index (χ4v) is 0.723. The number of ether oxygens (including phenoxy) is 1. The number of benzene rings is 1. The first kappa shape index (κ1) is 8.21. The summed E-state index contributed by atoms with van der Waals surface area (Å²) in [6.07, 6.45) is 0. The van der Waals surface area contributed by atoms with Crippen LogP contribution in [-0.2, 0) is 0 Å². The van der Waals surface area contributed by atoms with Crippen molar-refractivity contribution in [1.82, 2.24) is 0 Å². The third-order valence-corrected chi connectivity index (χ3v) is 1.28. The molecule has 0 N–H and O–H groups in total. The fourth-order valence-electron chi connectivity index (χ4n) is 0.723. The van der Waals surface area contributed by atoms with Gasteiger partial charge in [-0.2, -0.15) is 0 Å². The molecule has 0 bridgehead atoms. The zero-order valence-corrected chi connectivity index (χ0v) is 6.56. The lowest BCUT2D eigenvalue weighted by Crippen LogP contribution is -1.79. The average molecular weight is 161 g/mol. The summed E-state index contributed by atoms with van der Waals surface area (Å²) in [4.78, 5) is 2.75. The smallest absolute Gasteiger partial charge is 0.209 e. The Morgan fingerprint density at radius 1 is 1.33 bits per heavy atom. The molecule has 0 saturated heterocycles. The Labute approximate surface area is 70.3 Å². The number of hydrogen-bond donors (Lipinski definition) is 0. The third kappa shape index (κ3) is 2.06. The predicted octanol–water partition coefficient (Wildman–Crippen LogP) is 2.61. The van der Waals surface area contributed by atoms with Gasteiger partial charge in [-0.05, 0) is 24.3 Å². The summed E-state index contributed by atoms with van der Waals surface area (Å²) >= 11 is 0. The third-order valence-electron chi connectivity index (χ3n) is 1.28. The van der Waals surface area contributed by atoms with Crippen LogP contribution in [0, 0.1) is 6.57 Å². The molecule has 4 heteroatoms. The van der Waals surface area contributed by atoms with Crippen LogP contribution in [0.2, 0.25) is 0 Å². The van der Waals surface area contributed by atoms with E-state index in [9.17, 15) is 0 Å². The molecular weight excluding hydrogens is 154 g/mol. The van der Waals surface area contributed by atoms with Crippen LogP contribution in [0.3, 0.4) is 0 Å². The molecule has 1 aromatic carbocycles. The Balaban J connectivity index is 2.79. The van der Waals surface area contributed by atoms with E-state index >= 15 is 0 Å². The highest BCUT2D eigenvalue weighted by Crippen LogP contribution is 2.17. The van der Waals surface area contributed by atoms with Crippen molar-refractivity contribution in [3.8, 4) is 5.75 Å². The molecule has 0 aliphatic rings. The normalized spacial score (nSPS) is 9.67. The second kappa shape index (κ2) is 4.09. The molecule has 1 aromatic rings. The minimum absolute atomic E-state index is 0.645. The Morgan fingerprint density at radius 3 is 2.50 bits per heavy atom. The number of nitrogens with zero attached hydrogens (tertiary/aromatic N) is 3. The first-order chi connectivity index (χ1) is 5.86. The van der Waals surface area contributed by atoms with Crippen LogP contribution in [0.1, 0.15) is 0 Å². The van der Waals surface area contributed by atoms with Crippen molar-refractivity contribution in [2.24, 2.45) is 10.3 Å². The van der Waals surface area contributed by atoms with Crippen LogP contribution in [0.4, 0.5) is 5.69 Å². The molecule has 1 rings (SSSR count). The molecule has 0 spiro atoms. The summed E-state index contributed by atoms with van der Waals surface area (Å²) in [5.41, 5.74) is 0.645. The van der Waals surface area contributed by atoms with E-state index in [4.69, 9.17) is 11.3 Å². The standard InChI is InChI=1S/C8H7N3O/c1-9-11-10-7-3-5-8(12-2)6-4-7/h3-6H,2H3. The first-order valence-electron chi connectivity index (χ1n) is 3.28. The molecule has 12 heavy (non-hydrogen) atoms. The second-order valence-corrected chi connectivity index (χ2v) is 1.99. The zero-order valence-electron chi connectivity index (χ0n) is 6.56. The lowest BCUT2D eigenvalue weighted by molar-refractivity contribution is 0.415. The molecule has 0 radical (unpaired) electrons. The van der Waals surface area contributed by atoms with E-state index in [2.05, 4.69) is 15.3 Å². The Morgan fingerprint density at radius 2 is 2.00 bits per heavy atom. The van der Waals surface area contributed by atoms with E-state index in [-0.39, 0.29) is 0 Å². The first-order valence-corrected chi connectivity index (χ1v) is 3.28. The maximum atomic E-state index is 6.37. The molecule has 0 atom stereocenters. The summed E-state index contributed by atoms with van der Waals surface area (Å²) in [6, 6.07) is 6.98. The molecule has 0 unspecified atom stereocenters. The van der Waals surface area contributed by atoms with Gasteiger partial charge in [0.1, 0.15) is 5.75 Å². The highest BCUT2D eigenvalue weighted by atomic mass is 16.5. The summed E-state index contributed by atoms with van der Waals surface area (Å²) in [5.74, 6) is 0.761. The van der Waals surface area contributed by atoms with Gasteiger partial charge in [0.2, 0.25) is 10.9 Å². The average Bonchev–Trinajstić information content (AvgIpc) is 2.15. The molecule has 0 heterocycles. The van der Waals surface area contributed by atoms with Crippen molar-refractivity contribution >= 4 is 5.69 Å². The topological polar surface area (TPSA) is 38.3 Å². The molecular formula is C8H7N3O. The van der Waals surface area contributed by atoms with E-state index in [0.717, 1.165) is 5.75 Å². The highest BCUT2D eigenvalue weighted by molar-refractivity contribution is 5.40. The molecule has 0 amide bonds. The Bertz CT molecular complexity index is 310. The lowest BCUT2D eigenvalue weighted by atomic mass is 10.3. The van der Waals surface area contributed by atoms with Gasteiger partial charge in [0.25, 0.3) is 0 Å². The number of rotatable bonds is 2. The van der Waals surface area contributed by atoms with Gasteiger partial charge in [-0.25, -0.2) is 0 Å². The monoisotopic (exact) mass is 161 g/mol. The summed E-state index contributed by atoms with van der Waals surface area (Å²) in [7, 11) is 1.59. The van der Waals surface area contributed by atoms with Crippen LogP contribution in [0.15, 0.2) is 34.6 Å². The van der Waals surface area contributed by atoms with Crippen LogP contribution < -0.4 is 4.74 Å². The maximum Gasteiger partial charge on any atom is 0.209 e. The van der Waals surface area contributed by atoms with Crippen LogP contribution >= 0.6 is 0 Å².